The largest absolute Gasteiger partial charge is 0.463 e. The summed E-state index contributed by atoms with van der Waals surface area (Å²) in [5.74, 6) is -1.81. The van der Waals surface area contributed by atoms with E-state index in [1.807, 2.05) is 32.0 Å². The molecular formula is C20H25N3O7S. The monoisotopic (exact) mass is 451 g/mol. The molecular weight excluding hydrogens is 426 g/mol. The molecule has 1 aliphatic heterocycles. The van der Waals surface area contributed by atoms with Crippen LogP contribution in [-0.4, -0.2) is 54.3 Å². The molecule has 1 aromatic rings. The molecule has 1 saturated heterocycles. The van der Waals surface area contributed by atoms with Gasteiger partial charge in [0.15, 0.2) is 0 Å². The van der Waals surface area contributed by atoms with Crippen LogP contribution in [0.4, 0.5) is 0 Å². The summed E-state index contributed by atoms with van der Waals surface area (Å²) in [5, 5.41) is 3.75. The molecule has 0 aromatic heterocycles. The number of aryl methyl sites for hydroxylation is 2. The van der Waals surface area contributed by atoms with Gasteiger partial charge in [-0.1, -0.05) is 22.9 Å². The quantitative estimate of drug-likeness (QED) is 0.203. The van der Waals surface area contributed by atoms with Crippen LogP contribution in [0.1, 0.15) is 31.9 Å². The zero-order valence-electron chi connectivity index (χ0n) is 17.9. The van der Waals surface area contributed by atoms with Crippen molar-refractivity contribution in [2.45, 2.75) is 69.3 Å². The van der Waals surface area contributed by atoms with Crippen molar-refractivity contribution in [2.24, 2.45) is 5.11 Å². The second kappa shape index (κ2) is 11.0. The van der Waals surface area contributed by atoms with Crippen LogP contribution in [0.5, 0.6) is 0 Å². The van der Waals surface area contributed by atoms with Crippen LogP contribution >= 0.6 is 11.8 Å². The van der Waals surface area contributed by atoms with Crippen molar-refractivity contribution in [3.8, 4) is 0 Å². The lowest BCUT2D eigenvalue weighted by Crippen LogP contribution is -2.59. The number of nitrogens with zero attached hydrogens (tertiary/aromatic N) is 3. The molecule has 0 radical (unpaired) electrons. The highest BCUT2D eigenvalue weighted by Gasteiger charge is 2.50. The van der Waals surface area contributed by atoms with Crippen molar-refractivity contribution in [1.82, 2.24) is 0 Å². The standard InChI is InChI=1S/C20H25N3O7S/c1-10-6-7-15(8-11(10)2)31-20-19(29-14(5)26)17(22-23-21)18(28-13(4)25)16(30-20)9-27-12(3)24/h6-8,16-20H,9H2,1-5H3/t16-,17+,18+,19-,20-/m1/s1. The van der Waals surface area contributed by atoms with E-state index >= 15 is 0 Å². The smallest absolute Gasteiger partial charge is 0.303 e. The van der Waals surface area contributed by atoms with Crippen molar-refractivity contribution < 1.29 is 33.3 Å². The summed E-state index contributed by atoms with van der Waals surface area (Å²) in [6, 6.07) is 4.71. The van der Waals surface area contributed by atoms with Crippen molar-refractivity contribution in [1.29, 1.82) is 0 Å². The zero-order chi connectivity index (χ0) is 23.1. The number of benzene rings is 1. The maximum Gasteiger partial charge on any atom is 0.303 e. The fourth-order valence-electron chi connectivity index (χ4n) is 3.09. The molecule has 10 nitrogen and oxygen atoms in total. The summed E-state index contributed by atoms with van der Waals surface area (Å²) >= 11 is 1.26. The molecule has 1 aromatic carbocycles. The van der Waals surface area contributed by atoms with Crippen molar-refractivity contribution in [2.75, 3.05) is 6.61 Å². The third-order valence-electron chi connectivity index (χ3n) is 4.59. The maximum absolute atomic E-state index is 11.8. The third kappa shape index (κ3) is 6.88. The van der Waals surface area contributed by atoms with E-state index in [1.165, 1.54) is 32.5 Å². The fraction of sp³-hybridized carbons (Fsp3) is 0.550. The van der Waals surface area contributed by atoms with Gasteiger partial charge in [-0.05, 0) is 42.6 Å². The first kappa shape index (κ1) is 24.5. The highest BCUT2D eigenvalue weighted by atomic mass is 32.2. The zero-order valence-corrected chi connectivity index (χ0v) is 18.8. The first-order chi connectivity index (χ1) is 14.6. The minimum atomic E-state index is -1.12. The van der Waals surface area contributed by atoms with Crippen LogP contribution in [-0.2, 0) is 33.3 Å². The summed E-state index contributed by atoms with van der Waals surface area (Å²) in [7, 11) is 0. The molecule has 0 unspecified atom stereocenters. The van der Waals surface area contributed by atoms with Crippen molar-refractivity contribution >= 4 is 29.7 Å². The average Bonchev–Trinajstić information content (AvgIpc) is 2.67. The number of carbonyl (C=O) groups is 3. The van der Waals surface area contributed by atoms with E-state index in [2.05, 4.69) is 10.0 Å². The third-order valence-corrected chi connectivity index (χ3v) is 5.73. The van der Waals surface area contributed by atoms with Gasteiger partial charge in [0.05, 0.1) is 0 Å². The second-order valence-corrected chi connectivity index (χ2v) is 8.22. The van der Waals surface area contributed by atoms with E-state index in [9.17, 15) is 14.4 Å². The summed E-state index contributed by atoms with van der Waals surface area (Å²) in [4.78, 5) is 38.5. The van der Waals surface area contributed by atoms with Gasteiger partial charge >= 0.3 is 17.9 Å². The first-order valence-electron chi connectivity index (χ1n) is 9.53. The second-order valence-electron chi connectivity index (χ2n) is 7.05. The van der Waals surface area contributed by atoms with E-state index in [4.69, 9.17) is 24.5 Å². The normalized spacial score (nSPS) is 25.1. The van der Waals surface area contributed by atoms with E-state index in [0.29, 0.717) is 0 Å². The highest BCUT2D eigenvalue weighted by molar-refractivity contribution is 7.99. The Morgan fingerprint density at radius 3 is 2.26 bits per heavy atom. The Morgan fingerprint density at radius 2 is 1.71 bits per heavy atom. The Hall–Kier alpha value is -2.75. The van der Waals surface area contributed by atoms with Gasteiger partial charge in [-0.2, -0.15) is 0 Å². The number of esters is 3. The summed E-state index contributed by atoms with van der Waals surface area (Å²) < 4.78 is 21.9. The molecule has 0 bridgehead atoms. The van der Waals surface area contributed by atoms with Crippen molar-refractivity contribution in [3.05, 3.63) is 39.8 Å². The van der Waals surface area contributed by atoms with Crippen molar-refractivity contribution in [3.63, 3.8) is 0 Å². The number of azide groups is 1. The topological polar surface area (TPSA) is 137 Å². The minimum absolute atomic E-state index is 0.235. The minimum Gasteiger partial charge on any atom is -0.463 e. The van der Waals surface area contributed by atoms with Crippen LogP contribution in [0.3, 0.4) is 0 Å². The predicted octanol–water partition coefficient (Wildman–Crippen LogP) is 3.23. The Kier molecular flexibility index (Phi) is 8.73. The lowest BCUT2D eigenvalue weighted by atomic mass is 9.97. The predicted molar refractivity (Wildman–Crippen MR) is 111 cm³/mol. The lowest BCUT2D eigenvalue weighted by molar-refractivity contribution is -0.201. The molecule has 1 heterocycles. The molecule has 168 valence electrons. The van der Waals surface area contributed by atoms with Gasteiger partial charge in [0.1, 0.15) is 36.4 Å². The first-order valence-corrected chi connectivity index (χ1v) is 10.4. The van der Waals surface area contributed by atoms with Gasteiger partial charge in [0, 0.05) is 30.6 Å². The molecule has 0 amide bonds. The lowest BCUT2D eigenvalue weighted by Gasteiger charge is -2.43. The Morgan fingerprint density at radius 1 is 1.06 bits per heavy atom. The Labute approximate surface area is 184 Å². The molecule has 0 N–H and O–H groups in total. The van der Waals surface area contributed by atoms with Gasteiger partial charge in [-0.15, -0.1) is 0 Å². The summed E-state index contributed by atoms with van der Waals surface area (Å²) in [6.07, 6.45) is -3.09. The van der Waals surface area contributed by atoms with Gasteiger partial charge in [0.2, 0.25) is 0 Å². The maximum atomic E-state index is 11.8. The number of thioether (sulfide) groups is 1. The number of hydrogen-bond acceptors (Lipinski definition) is 9. The van der Waals surface area contributed by atoms with Crippen LogP contribution in [0.15, 0.2) is 28.2 Å². The highest BCUT2D eigenvalue weighted by Crippen LogP contribution is 2.38. The summed E-state index contributed by atoms with van der Waals surface area (Å²) in [5.41, 5.74) is 10.5. The molecule has 1 fully saturated rings. The fourth-order valence-corrected chi connectivity index (χ4v) is 4.30. The Bertz CT molecular complexity index is 888. The number of hydrogen-bond donors (Lipinski definition) is 0. The van der Waals surface area contributed by atoms with Crippen LogP contribution < -0.4 is 0 Å². The molecule has 5 atom stereocenters. The van der Waals surface area contributed by atoms with Crippen LogP contribution in [0, 0.1) is 13.8 Å². The van der Waals surface area contributed by atoms with Crippen LogP contribution in [0.25, 0.3) is 10.4 Å². The molecule has 0 spiro atoms. The van der Waals surface area contributed by atoms with Gasteiger partial charge in [-0.3, -0.25) is 14.4 Å². The van der Waals surface area contributed by atoms with Gasteiger partial charge in [0.25, 0.3) is 0 Å². The van der Waals surface area contributed by atoms with E-state index < -0.39 is 47.7 Å². The molecule has 31 heavy (non-hydrogen) atoms. The number of rotatable bonds is 7. The molecule has 2 rings (SSSR count). The molecule has 11 heteroatoms. The van der Waals surface area contributed by atoms with Gasteiger partial charge in [-0.25, -0.2) is 0 Å². The average molecular weight is 452 g/mol. The van der Waals surface area contributed by atoms with E-state index in [1.54, 1.807) is 0 Å². The SMILES string of the molecule is CC(=O)OC[C@H]1O[C@H](Sc2ccc(C)c(C)c2)[C@H](OC(C)=O)[C@@H](N=[N+]=[N-])[C@H]1OC(C)=O. The van der Waals surface area contributed by atoms with E-state index in [-0.39, 0.29) is 6.61 Å². The van der Waals surface area contributed by atoms with E-state index in [0.717, 1.165) is 16.0 Å². The number of ether oxygens (including phenoxy) is 4. The molecule has 1 aliphatic rings. The summed E-state index contributed by atoms with van der Waals surface area (Å²) in [6.45, 7) is 7.36. The Balaban J connectivity index is 2.44. The molecule has 0 aliphatic carbocycles. The molecule has 0 saturated carbocycles. The number of carbonyl (C=O) groups excluding carboxylic acids is 3. The van der Waals surface area contributed by atoms with Gasteiger partial charge < -0.3 is 18.9 Å². The van der Waals surface area contributed by atoms with Crippen LogP contribution in [0.2, 0.25) is 0 Å².